The van der Waals surface area contributed by atoms with Crippen LogP contribution in [0.15, 0.2) is 24.5 Å². The average molecular weight is 346 g/mol. The van der Waals surface area contributed by atoms with Crippen LogP contribution in [0.3, 0.4) is 0 Å². The molecular weight excluding hydrogens is 326 g/mol. The smallest absolute Gasteiger partial charge is 0.282 e. The maximum absolute atomic E-state index is 12.7. The molecule has 9 heteroatoms. The van der Waals surface area contributed by atoms with Gasteiger partial charge in [0, 0.05) is 52.0 Å². The number of pyridine rings is 1. The van der Waals surface area contributed by atoms with E-state index in [2.05, 4.69) is 10.3 Å². The first-order valence-corrected chi connectivity index (χ1v) is 8.17. The Kier molecular flexibility index (Phi) is 7.19. The lowest BCUT2D eigenvalue weighted by atomic mass is 10.1. The molecule has 0 radical (unpaired) electrons. The van der Waals surface area contributed by atoms with Crippen molar-refractivity contribution in [3.8, 4) is 6.07 Å². The first-order valence-electron chi connectivity index (χ1n) is 6.78. The number of nitrogens with zero attached hydrogens (tertiary/aromatic N) is 4. The minimum absolute atomic E-state index is 0. The highest BCUT2D eigenvalue weighted by Gasteiger charge is 2.35. The molecule has 1 atom stereocenters. The molecule has 1 aromatic heterocycles. The number of piperazine rings is 1. The van der Waals surface area contributed by atoms with Crippen molar-refractivity contribution in [3.63, 3.8) is 0 Å². The van der Waals surface area contributed by atoms with Crippen LogP contribution in [0.25, 0.3) is 0 Å². The van der Waals surface area contributed by atoms with Gasteiger partial charge < -0.3 is 5.32 Å². The average Bonchev–Trinajstić information content (AvgIpc) is 2.53. The Labute approximate surface area is 137 Å². The second-order valence-corrected chi connectivity index (χ2v) is 6.84. The zero-order valence-electron chi connectivity index (χ0n) is 12.3. The first kappa shape index (κ1) is 18.8. The van der Waals surface area contributed by atoms with Gasteiger partial charge in [-0.15, -0.1) is 12.4 Å². The summed E-state index contributed by atoms with van der Waals surface area (Å²) in [6, 6.07) is 5.37. The van der Waals surface area contributed by atoms with Gasteiger partial charge in [-0.25, -0.2) is 0 Å². The Hall–Kier alpha value is -1.24. The standard InChI is InChI=1S/C13H19N5O2S.ClH/c1-17(8-3-5-14)21(19,20)18-9-7-16-11-13(18)12-4-2-6-15-10-12;/h2,4,6,10,13,16H,3,7-9,11H2,1H3;1H. The SMILES string of the molecule is CN(CCC#N)S(=O)(=O)N1CCNCC1c1cccnc1.Cl. The van der Waals surface area contributed by atoms with Crippen LogP contribution in [0.1, 0.15) is 18.0 Å². The predicted molar refractivity (Wildman–Crippen MR) is 85.6 cm³/mol. The predicted octanol–water partition coefficient (Wildman–Crippen LogP) is 0.540. The van der Waals surface area contributed by atoms with E-state index in [1.54, 1.807) is 18.5 Å². The van der Waals surface area contributed by atoms with Gasteiger partial charge in [0.05, 0.1) is 12.1 Å². The van der Waals surface area contributed by atoms with Gasteiger partial charge in [0.2, 0.25) is 0 Å². The number of nitriles is 1. The monoisotopic (exact) mass is 345 g/mol. The molecule has 1 aliphatic rings. The van der Waals surface area contributed by atoms with Crippen LogP contribution in [0.4, 0.5) is 0 Å². The molecule has 22 heavy (non-hydrogen) atoms. The quantitative estimate of drug-likeness (QED) is 0.841. The molecule has 1 saturated heterocycles. The van der Waals surface area contributed by atoms with Gasteiger partial charge in [-0.2, -0.15) is 22.3 Å². The number of hydrogen-bond acceptors (Lipinski definition) is 5. The van der Waals surface area contributed by atoms with E-state index < -0.39 is 10.2 Å². The van der Waals surface area contributed by atoms with Crippen LogP contribution in [0.2, 0.25) is 0 Å². The highest BCUT2D eigenvalue weighted by atomic mass is 35.5. The Bertz CT molecular complexity index is 605. The molecule has 0 aliphatic carbocycles. The highest BCUT2D eigenvalue weighted by molar-refractivity contribution is 7.86. The lowest BCUT2D eigenvalue weighted by Gasteiger charge is -2.37. The summed E-state index contributed by atoms with van der Waals surface area (Å²) in [7, 11) is -2.07. The van der Waals surface area contributed by atoms with Crippen molar-refractivity contribution in [3.05, 3.63) is 30.1 Å². The molecule has 1 N–H and O–H groups in total. The van der Waals surface area contributed by atoms with E-state index in [-0.39, 0.29) is 31.4 Å². The highest BCUT2D eigenvalue weighted by Crippen LogP contribution is 2.25. The Morgan fingerprint density at radius 3 is 3.00 bits per heavy atom. The summed E-state index contributed by atoms with van der Waals surface area (Å²) in [4.78, 5) is 4.06. The molecule has 0 bridgehead atoms. The molecule has 2 heterocycles. The summed E-state index contributed by atoms with van der Waals surface area (Å²) in [5.41, 5.74) is 0.863. The topological polar surface area (TPSA) is 89.3 Å². The lowest BCUT2D eigenvalue weighted by Crippen LogP contribution is -2.52. The van der Waals surface area contributed by atoms with E-state index in [1.807, 2.05) is 12.1 Å². The minimum Gasteiger partial charge on any atom is -0.313 e. The fourth-order valence-electron chi connectivity index (χ4n) is 2.32. The van der Waals surface area contributed by atoms with Gasteiger partial charge in [0.15, 0.2) is 0 Å². The summed E-state index contributed by atoms with van der Waals surface area (Å²) in [5, 5.41) is 11.8. The number of nitrogens with one attached hydrogen (secondary N) is 1. The summed E-state index contributed by atoms with van der Waals surface area (Å²) in [5.74, 6) is 0. The normalized spacial score (nSPS) is 19.4. The number of rotatable bonds is 5. The zero-order valence-corrected chi connectivity index (χ0v) is 14.0. The number of hydrogen-bond donors (Lipinski definition) is 1. The first-order chi connectivity index (χ1) is 10.1. The van der Waals surface area contributed by atoms with Gasteiger partial charge in [0.1, 0.15) is 0 Å². The van der Waals surface area contributed by atoms with Gasteiger partial charge in [0.25, 0.3) is 10.2 Å². The number of aromatic nitrogens is 1. The van der Waals surface area contributed by atoms with Crippen molar-refractivity contribution in [1.82, 2.24) is 18.9 Å². The molecule has 0 amide bonds. The van der Waals surface area contributed by atoms with E-state index in [1.165, 1.54) is 15.7 Å². The lowest BCUT2D eigenvalue weighted by molar-refractivity contribution is 0.252. The zero-order chi connectivity index (χ0) is 15.3. The third kappa shape index (κ3) is 4.15. The van der Waals surface area contributed by atoms with Crippen LogP contribution in [-0.4, -0.2) is 55.2 Å². The molecule has 1 fully saturated rings. The maximum Gasteiger partial charge on any atom is 0.282 e. The van der Waals surface area contributed by atoms with Gasteiger partial charge in [-0.05, 0) is 11.6 Å². The fourth-order valence-corrected chi connectivity index (χ4v) is 3.84. The van der Waals surface area contributed by atoms with Crippen molar-refractivity contribution in [1.29, 1.82) is 5.26 Å². The van der Waals surface area contributed by atoms with E-state index in [0.717, 1.165) is 5.56 Å². The molecule has 2 rings (SSSR count). The summed E-state index contributed by atoms with van der Waals surface area (Å²) in [6.45, 7) is 1.76. The van der Waals surface area contributed by atoms with Crippen LogP contribution < -0.4 is 5.32 Å². The fraction of sp³-hybridized carbons (Fsp3) is 0.538. The largest absolute Gasteiger partial charge is 0.313 e. The van der Waals surface area contributed by atoms with Crippen molar-refractivity contribution in [2.45, 2.75) is 12.5 Å². The van der Waals surface area contributed by atoms with Gasteiger partial charge >= 0.3 is 0 Å². The molecule has 1 aromatic rings. The summed E-state index contributed by atoms with van der Waals surface area (Å²) in [6.07, 6.45) is 3.53. The second-order valence-electron chi connectivity index (χ2n) is 4.85. The van der Waals surface area contributed by atoms with Crippen LogP contribution >= 0.6 is 12.4 Å². The molecule has 1 unspecified atom stereocenters. The maximum atomic E-state index is 12.7. The van der Waals surface area contributed by atoms with Crippen molar-refractivity contribution < 1.29 is 8.42 Å². The molecule has 0 spiro atoms. The Morgan fingerprint density at radius 2 is 2.36 bits per heavy atom. The van der Waals surface area contributed by atoms with Crippen molar-refractivity contribution in [2.24, 2.45) is 0 Å². The molecule has 0 aromatic carbocycles. The minimum atomic E-state index is -3.58. The van der Waals surface area contributed by atoms with Gasteiger partial charge in [-0.1, -0.05) is 6.07 Å². The van der Waals surface area contributed by atoms with Crippen LogP contribution in [0.5, 0.6) is 0 Å². The van der Waals surface area contributed by atoms with Crippen molar-refractivity contribution >= 4 is 22.6 Å². The summed E-state index contributed by atoms with van der Waals surface area (Å²) >= 11 is 0. The van der Waals surface area contributed by atoms with E-state index in [9.17, 15) is 8.42 Å². The molecule has 1 aliphatic heterocycles. The van der Waals surface area contributed by atoms with E-state index >= 15 is 0 Å². The van der Waals surface area contributed by atoms with Crippen LogP contribution in [0, 0.1) is 11.3 Å². The number of halogens is 1. The molecule has 122 valence electrons. The summed E-state index contributed by atoms with van der Waals surface area (Å²) < 4.78 is 28.1. The van der Waals surface area contributed by atoms with Crippen LogP contribution in [-0.2, 0) is 10.2 Å². The molecular formula is C13H20ClN5O2S. The van der Waals surface area contributed by atoms with Gasteiger partial charge in [-0.3, -0.25) is 4.98 Å². The Balaban J connectivity index is 0.00000242. The third-order valence-electron chi connectivity index (χ3n) is 3.49. The molecule has 0 saturated carbocycles. The third-order valence-corrected chi connectivity index (χ3v) is 5.49. The van der Waals surface area contributed by atoms with E-state index in [4.69, 9.17) is 5.26 Å². The van der Waals surface area contributed by atoms with E-state index in [0.29, 0.717) is 19.6 Å². The Morgan fingerprint density at radius 1 is 1.59 bits per heavy atom. The second kappa shape index (κ2) is 8.41. The molecule has 7 nitrogen and oxygen atoms in total. The van der Waals surface area contributed by atoms with Crippen molar-refractivity contribution in [2.75, 3.05) is 33.2 Å².